The first-order chi connectivity index (χ1) is 13.2. The Kier molecular flexibility index (Phi) is 6.53. The minimum Gasteiger partial charge on any atom is -0.493 e. The molecule has 0 fully saturated rings. The normalized spacial score (nSPS) is 11.7. The number of aromatic nitrogens is 1. The van der Waals surface area contributed by atoms with E-state index in [0.717, 1.165) is 16.7 Å². The molecule has 0 bridgehead atoms. The van der Waals surface area contributed by atoms with Gasteiger partial charge in [-0.25, -0.2) is 0 Å². The molecule has 0 unspecified atom stereocenters. The van der Waals surface area contributed by atoms with Crippen molar-refractivity contribution in [1.82, 2.24) is 4.57 Å². The Morgan fingerprint density at radius 1 is 1.32 bits per heavy atom. The fraction of sp³-hybridized carbons (Fsp3) is 0.333. The average molecular weight is 394 g/mol. The number of rotatable bonds is 6. The predicted octanol–water partition coefficient (Wildman–Crippen LogP) is 4.20. The molecule has 7 nitrogen and oxygen atoms in total. The van der Waals surface area contributed by atoms with Crippen molar-refractivity contribution in [2.75, 3.05) is 13.7 Å². The van der Waals surface area contributed by atoms with Crippen LogP contribution in [-0.4, -0.2) is 23.4 Å². The van der Waals surface area contributed by atoms with Crippen LogP contribution >= 0.6 is 0 Å². The van der Waals surface area contributed by atoms with Gasteiger partial charge in [0.25, 0.3) is 5.56 Å². The zero-order chi connectivity index (χ0) is 20.9. The Hall–Kier alpha value is -3.19. The van der Waals surface area contributed by atoms with Crippen molar-refractivity contribution >= 4 is 11.4 Å². The van der Waals surface area contributed by atoms with Crippen molar-refractivity contribution in [2.45, 2.75) is 26.1 Å². The molecule has 0 amide bonds. The number of alkyl halides is 3. The molecule has 10 heteroatoms. The number of hydrogen-bond acceptors (Lipinski definition) is 6. The van der Waals surface area contributed by atoms with Crippen LogP contribution in [0.4, 0.5) is 24.5 Å². The maximum absolute atomic E-state index is 12.8. The zero-order valence-corrected chi connectivity index (χ0v) is 15.1. The summed E-state index contributed by atoms with van der Waals surface area (Å²) in [7, 11) is 1.48. The predicted molar refractivity (Wildman–Crippen MR) is 93.9 cm³/mol. The van der Waals surface area contributed by atoms with E-state index < -0.39 is 23.2 Å². The Morgan fingerprint density at radius 2 is 2.04 bits per heavy atom. The lowest BCUT2D eigenvalue weighted by atomic mass is 10.1. The van der Waals surface area contributed by atoms with Gasteiger partial charge in [-0.3, -0.25) is 9.36 Å². The topological polar surface area (TPSA) is 100.0 Å². The van der Waals surface area contributed by atoms with Crippen LogP contribution in [0.15, 0.2) is 39.3 Å². The largest absolute Gasteiger partial charge is 0.493 e. The lowest BCUT2D eigenvalue weighted by Crippen LogP contribution is -2.22. The number of hydrogen-bond donors (Lipinski definition) is 1. The van der Waals surface area contributed by atoms with Crippen LogP contribution in [0.5, 0.6) is 5.88 Å². The number of nitriles is 1. The third-order valence-corrected chi connectivity index (χ3v) is 3.94. The van der Waals surface area contributed by atoms with Crippen molar-refractivity contribution in [1.29, 1.82) is 5.26 Å². The number of azo groups is 1. The first-order valence-corrected chi connectivity index (χ1v) is 8.15. The highest BCUT2D eigenvalue weighted by Gasteiger charge is 2.30. The van der Waals surface area contributed by atoms with Crippen LogP contribution in [0.1, 0.15) is 23.1 Å². The standard InChI is InChI=1S/C18H17F3N4O3/c1-11-14(10-22)16(26)25(7-4-8-28-2)17(27)15(11)24-23-13-6-3-5-12(9-13)18(19,20)21/h3,5-6,9,26H,4,7-8H2,1-2H3. The van der Waals surface area contributed by atoms with E-state index >= 15 is 0 Å². The van der Waals surface area contributed by atoms with Crippen molar-refractivity contribution < 1.29 is 23.0 Å². The van der Waals surface area contributed by atoms with E-state index in [1.165, 1.54) is 26.2 Å². The highest BCUT2D eigenvalue weighted by Crippen LogP contribution is 2.32. The smallest absolute Gasteiger partial charge is 0.416 e. The summed E-state index contributed by atoms with van der Waals surface area (Å²) in [6, 6.07) is 5.95. The number of benzene rings is 1. The van der Waals surface area contributed by atoms with Crippen LogP contribution in [0.3, 0.4) is 0 Å². The van der Waals surface area contributed by atoms with Gasteiger partial charge in [0.1, 0.15) is 11.6 Å². The average Bonchev–Trinajstić information content (AvgIpc) is 2.64. The summed E-state index contributed by atoms with van der Waals surface area (Å²) >= 11 is 0. The van der Waals surface area contributed by atoms with Gasteiger partial charge in [0.05, 0.1) is 11.3 Å². The van der Waals surface area contributed by atoms with Crippen LogP contribution < -0.4 is 5.56 Å². The van der Waals surface area contributed by atoms with E-state index in [1.54, 1.807) is 6.07 Å². The summed E-state index contributed by atoms with van der Waals surface area (Å²) in [5.74, 6) is -0.501. The lowest BCUT2D eigenvalue weighted by Gasteiger charge is -2.12. The van der Waals surface area contributed by atoms with Gasteiger partial charge in [0, 0.05) is 25.8 Å². The molecule has 0 aliphatic heterocycles. The molecule has 148 valence electrons. The second-order valence-corrected chi connectivity index (χ2v) is 5.84. The SMILES string of the molecule is COCCCn1c(O)c(C#N)c(C)c(N=Nc2cccc(C(F)(F)F)c2)c1=O. The van der Waals surface area contributed by atoms with E-state index in [2.05, 4.69) is 10.2 Å². The summed E-state index contributed by atoms with van der Waals surface area (Å²) in [4.78, 5) is 12.6. The molecule has 0 radical (unpaired) electrons. The van der Waals surface area contributed by atoms with E-state index in [-0.39, 0.29) is 29.0 Å². The summed E-state index contributed by atoms with van der Waals surface area (Å²) in [5, 5.41) is 26.9. The third kappa shape index (κ3) is 4.55. The number of aromatic hydroxyl groups is 1. The summed E-state index contributed by atoms with van der Waals surface area (Å²) < 4.78 is 44.3. The molecule has 0 saturated carbocycles. The fourth-order valence-electron chi connectivity index (χ4n) is 2.48. The molecule has 2 rings (SSSR count). The van der Waals surface area contributed by atoms with Gasteiger partial charge in [-0.05, 0) is 31.5 Å². The molecular formula is C18H17F3N4O3. The molecule has 1 aromatic carbocycles. The number of halogens is 3. The van der Waals surface area contributed by atoms with E-state index in [1.807, 2.05) is 0 Å². The van der Waals surface area contributed by atoms with Crippen molar-refractivity contribution in [3.63, 3.8) is 0 Å². The molecule has 1 N–H and O–H groups in total. The summed E-state index contributed by atoms with van der Waals surface area (Å²) in [6.07, 6.45) is -4.15. The van der Waals surface area contributed by atoms with E-state index in [0.29, 0.717) is 13.0 Å². The third-order valence-electron chi connectivity index (χ3n) is 3.94. The lowest BCUT2D eigenvalue weighted by molar-refractivity contribution is -0.137. The molecule has 28 heavy (non-hydrogen) atoms. The quantitative estimate of drug-likeness (QED) is 0.586. The van der Waals surface area contributed by atoms with E-state index in [9.17, 15) is 28.3 Å². The van der Waals surface area contributed by atoms with Gasteiger partial charge in [-0.2, -0.15) is 23.5 Å². The van der Waals surface area contributed by atoms with Crippen LogP contribution in [0, 0.1) is 18.3 Å². The highest BCUT2D eigenvalue weighted by molar-refractivity contribution is 5.56. The van der Waals surface area contributed by atoms with Crippen LogP contribution in [0.25, 0.3) is 0 Å². The molecule has 0 aliphatic carbocycles. The molecule has 0 atom stereocenters. The summed E-state index contributed by atoms with van der Waals surface area (Å²) in [5.41, 5.74) is -2.02. The molecular weight excluding hydrogens is 377 g/mol. The molecule has 2 aromatic rings. The van der Waals surface area contributed by atoms with Gasteiger partial charge in [-0.15, -0.1) is 5.11 Å². The van der Waals surface area contributed by atoms with Crippen LogP contribution in [-0.2, 0) is 17.5 Å². The van der Waals surface area contributed by atoms with Crippen molar-refractivity contribution in [2.24, 2.45) is 10.2 Å². The fourth-order valence-corrected chi connectivity index (χ4v) is 2.48. The van der Waals surface area contributed by atoms with Gasteiger partial charge >= 0.3 is 6.18 Å². The van der Waals surface area contributed by atoms with Crippen LogP contribution in [0.2, 0.25) is 0 Å². The Balaban J connectivity index is 2.51. The maximum Gasteiger partial charge on any atom is 0.416 e. The van der Waals surface area contributed by atoms with Crippen molar-refractivity contribution in [3.8, 4) is 11.9 Å². The Morgan fingerprint density at radius 3 is 2.64 bits per heavy atom. The minimum absolute atomic E-state index is 0.0690. The molecule has 1 aromatic heterocycles. The van der Waals surface area contributed by atoms with Gasteiger partial charge < -0.3 is 9.84 Å². The Bertz CT molecular complexity index is 991. The number of methoxy groups -OCH3 is 1. The molecule has 1 heterocycles. The number of pyridine rings is 1. The first-order valence-electron chi connectivity index (χ1n) is 8.15. The highest BCUT2D eigenvalue weighted by atomic mass is 19.4. The second-order valence-electron chi connectivity index (χ2n) is 5.84. The first kappa shape index (κ1) is 21.1. The molecule has 0 aliphatic rings. The van der Waals surface area contributed by atoms with E-state index in [4.69, 9.17) is 4.74 Å². The second kappa shape index (κ2) is 8.67. The number of nitrogens with zero attached hydrogens (tertiary/aromatic N) is 4. The molecule has 0 saturated heterocycles. The maximum atomic E-state index is 12.8. The summed E-state index contributed by atoms with van der Waals surface area (Å²) in [6.45, 7) is 1.79. The zero-order valence-electron chi connectivity index (χ0n) is 15.1. The monoisotopic (exact) mass is 394 g/mol. The van der Waals surface area contributed by atoms with Gasteiger partial charge in [-0.1, -0.05) is 6.07 Å². The van der Waals surface area contributed by atoms with Crippen molar-refractivity contribution in [3.05, 3.63) is 51.3 Å². The Labute approximate surface area is 158 Å². The molecule has 0 spiro atoms. The number of ether oxygens (including phenoxy) is 1. The van der Waals surface area contributed by atoms with Gasteiger partial charge in [0.2, 0.25) is 5.88 Å². The van der Waals surface area contributed by atoms with Gasteiger partial charge in [0.15, 0.2) is 5.69 Å². The minimum atomic E-state index is -4.54.